The van der Waals surface area contributed by atoms with E-state index >= 15 is 0 Å². The van der Waals surface area contributed by atoms with Gasteiger partial charge in [-0.05, 0) is 61.2 Å². The van der Waals surface area contributed by atoms with Gasteiger partial charge in [0.15, 0.2) is 11.5 Å². The Morgan fingerprint density at radius 3 is 2.48 bits per heavy atom. The molecular formula is C19H21F2NO3. The Morgan fingerprint density at radius 2 is 1.84 bits per heavy atom. The summed E-state index contributed by atoms with van der Waals surface area (Å²) >= 11 is 0. The van der Waals surface area contributed by atoms with Gasteiger partial charge in [-0.25, -0.2) is 0 Å². The quantitative estimate of drug-likeness (QED) is 0.825. The molecule has 25 heavy (non-hydrogen) atoms. The average molecular weight is 349 g/mol. The number of rotatable bonds is 7. The molecule has 4 nitrogen and oxygen atoms in total. The number of amides is 1. The molecule has 0 aliphatic carbocycles. The molecule has 2 aromatic rings. The molecule has 0 saturated heterocycles. The van der Waals surface area contributed by atoms with E-state index in [0.29, 0.717) is 18.5 Å². The molecule has 0 bridgehead atoms. The summed E-state index contributed by atoms with van der Waals surface area (Å²) in [4.78, 5) is 12.2. The molecule has 0 atom stereocenters. The predicted octanol–water partition coefficient (Wildman–Crippen LogP) is 3.89. The predicted molar refractivity (Wildman–Crippen MR) is 91.6 cm³/mol. The lowest BCUT2D eigenvalue weighted by atomic mass is 10.1. The van der Waals surface area contributed by atoms with Crippen LogP contribution in [-0.4, -0.2) is 26.2 Å². The lowest BCUT2D eigenvalue weighted by molar-refractivity contribution is -0.0512. The summed E-state index contributed by atoms with van der Waals surface area (Å²) in [5, 5.41) is 2.85. The molecule has 0 aromatic heterocycles. The Labute approximate surface area is 145 Å². The molecule has 2 aromatic carbocycles. The monoisotopic (exact) mass is 349 g/mol. The number of hydrogen-bond acceptors (Lipinski definition) is 3. The Hall–Kier alpha value is -2.63. The standard InChI is InChI=1S/C19H21F2NO3/c1-12-4-6-15(10-13(12)2)18(23)22-9-8-14-5-7-16(25-19(20)21)17(11-14)24-3/h4-7,10-11,19H,8-9H2,1-3H3,(H,22,23). The van der Waals surface area contributed by atoms with Crippen molar-refractivity contribution in [1.29, 1.82) is 0 Å². The van der Waals surface area contributed by atoms with Crippen LogP contribution in [0.1, 0.15) is 27.0 Å². The van der Waals surface area contributed by atoms with E-state index in [-0.39, 0.29) is 17.4 Å². The number of carbonyl (C=O) groups excluding carboxylic acids is 1. The molecule has 0 heterocycles. The highest BCUT2D eigenvalue weighted by atomic mass is 19.3. The average Bonchev–Trinajstić information content (AvgIpc) is 2.57. The number of aryl methyl sites for hydroxylation is 2. The number of hydrogen-bond donors (Lipinski definition) is 1. The van der Waals surface area contributed by atoms with Crippen LogP contribution in [0.5, 0.6) is 11.5 Å². The van der Waals surface area contributed by atoms with Crippen LogP contribution in [0.4, 0.5) is 8.78 Å². The van der Waals surface area contributed by atoms with Crippen molar-refractivity contribution in [2.75, 3.05) is 13.7 Å². The Bertz CT molecular complexity index is 747. The number of benzene rings is 2. The fraction of sp³-hybridized carbons (Fsp3) is 0.316. The number of carbonyl (C=O) groups is 1. The lowest BCUT2D eigenvalue weighted by Gasteiger charge is -2.12. The lowest BCUT2D eigenvalue weighted by Crippen LogP contribution is -2.25. The minimum atomic E-state index is -2.91. The first kappa shape index (κ1) is 18.7. The molecule has 1 amide bonds. The molecule has 134 valence electrons. The highest BCUT2D eigenvalue weighted by molar-refractivity contribution is 5.94. The summed E-state index contributed by atoms with van der Waals surface area (Å²) in [6.45, 7) is 1.47. The van der Waals surface area contributed by atoms with Crippen LogP contribution in [-0.2, 0) is 6.42 Å². The molecule has 6 heteroatoms. The van der Waals surface area contributed by atoms with Gasteiger partial charge in [0.25, 0.3) is 5.91 Å². The van der Waals surface area contributed by atoms with Crippen LogP contribution in [0.2, 0.25) is 0 Å². The van der Waals surface area contributed by atoms with Gasteiger partial charge in [0.2, 0.25) is 0 Å². The van der Waals surface area contributed by atoms with Crippen LogP contribution < -0.4 is 14.8 Å². The summed E-state index contributed by atoms with van der Waals surface area (Å²) in [7, 11) is 1.39. The van der Waals surface area contributed by atoms with Crippen molar-refractivity contribution in [1.82, 2.24) is 5.32 Å². The zero-order valence-electron chi connectivity index (χ0n) is 14.4. The summed E-state index contributed by atoms with van der Waals surface area (Å²) in [5.74, 6) is 0.0754. The van der Waals surface area contributed by atoms with E-state index in [9.17, 15) is 13.6 Å². The molecule has 1 N–H and O–H groups in total. The van der Waals surface area contributed by atoms with Gasteiger partial charge >= 0.3 is 6.61 Å². The summed E-state index contributed by atoms with van der Waals surface area (Å²) in [6.07, 6.45) is 0.544. The van der Waals surface area contributed by atoms with Crippen molar-refractivity contribution in [3.63, 3.8) is 0 Å². The zero-order valence-corrected chi connectivity index (χ0v) is 14.4. The van der Waals surface area contributed by atoms with Crippen molar-refractivity contribution >= 4 is 5.91 Å². The molecule has 0 fully saturated rings. The second-order valence-corrected chi connectivity index (χ2v) is 5.67. The SMILES string of the molecule is COc1cc(CCNC(=O)c2ccc(C)c(C)c2)ccc1OC(F)F. The molecular weight excluding hydrogens is 328 g/mol. The Kier molecular flexibility index (Phi) is 6.33. The van der Waals surface area contributed by atoms with Crippen molar-refractivity contribution in [3.8, 4) is 11.5 Å². The molecule has 0 unspecified atom stereocenters. The fourth-order valence-electron chi connectivity index (χ4n) is 2.37. The minimum absolute atomic E-state index is 0.0135. The largest absolute Gasteiger partial charge is 0.493 e. The maximum absolute atomic E-state index is 12.3. The molecule has 2 rings (SSSR count). The van der Waals surface area contributed by atoms with E-state index in [0.717, 1.165) is 16.7 Å². The number of alkyl halides is 2. The van der Waals surface area contributed by atoms with Crippen LogP contribution in [0.3, 0.4) is 0 Å². The first-order valence-corrected chi connectivity index (χ1v) is 7.88. The van der Waals surface area contributed by atoms with Crippen molar-refractivity contribution in [2.45, 2.75) is 26.9 Å². The van der Waals surface area contributed by atoms with E-state index in [1.165, 1.54) is 13.2 Å². The second kappa shape index (κ2) is 8.46. The van der Waals surface area contributed by atoms with E-state index in [1.54, 1.807) is 18.2 Å². The van der Waals surface area contributed by atoms with Gasteiger partial charge in [0.1, 0.15) is 0 Å². The first-order chi connectivity index (χ1) is 11.9. The van der Waals surface area contributed by atoms with Crippen molar-refractivity contribution in [2.24, 2.45) is 0 Å². The van der Waals surface area contributed by atoms with E-state index in [4.69, 9.17) is 4.74 Å². The molecule has 0 aliphatic heterocycles. The minimum Gasteiger partial charge on any atom is -0.493 e. The Morgan fingerprint density at radius 1 is 1.08 bits per heavy atom. The molecule has 0 radical (unpaired) electrons. The van der Waals surface area contributed by atoms with Gasteiger partial charge in [-0.3, -0.25) is 4.79 Å². The summed E-state index contributed by atoms with van der Waals surface area (Å²) in [6, 6.07) is 10.3. The second-order valence-electron chi connectivity index (χ2n) is 5.67. The first-order valence-electron chi connectivity index (χ1n) is 7.88. The maximum atomic E-state index is 12.3. The number of nitrogens with one attached hydrogen (secondary N) is 1. The molecule has 0 aliphatic rings. The van der Waals surface area contributed by atoms with Crippen LogP contribution >= 0.6 is 0 Å². The molecule has 0 saturated carbocycles. The smallest absolute Gasteiger partial charge is 0.387 e. The van der Waals surface area contributed by atoms with Crippen LogP contribution in [0, 0.1) is 13.8 Å². The van der Waals surface area contributed by atoms with Crippen molar-refractivity contribution < 1.29 is 23.0 Å². The third kappa shape index (κ3) is 5.17. The van der Waals surface area contributed by atoms with E-state index < -0.39 is 6.61 Å². The normalized spacial score (nSPS) is 10.6. The van der Waals surface area contributed by atoms with Crippen LogP contribution in [0.15, 0.2) is 36.4 Å². The van der Waals surface area contributed by atoms with Gasteiger partial charge in [-0.1, -0.05) is 12.1 Å². The molecule has 0 spiro atoms. The van der Waals surface area contributed by atoms with Gasteiger partial charge in [-0.15, -0.1) is 0 Å². The highest BCUT2D eigenvalue weighted by Gasteiger charge is 2.11. The summed E-state index contributed by atoms with van der Waals surface area (Å²) in [5.41, 5.74) is 3.65. The third-order valence-corrected chi connectivity index (χ3v) is 3.91. The highest BCUT2D eigenvalue weighted by Crippen LogP contribution is 2.29. The topological polar surface area (TPSA) is 47.6 Å². The van der Waals surface area contributed by atoms with E-state index in [2.05, 4.69) is 10.1 Å². The fourth-order valence-corrected chi connectivity index (χ4v) is 2.37. The number of methoxy groups -OCH3 is 1. The number of halogens is 2. The van der Waals surface area contributed by atoms with Gasteiger partial charge in [0.05, 0.1) is 7.11 Å². The third-order valence-electron chi connectivity index (χ3n) is 3.91. The van der Waals surface area contributed by atoms with Crippen molar-refractivity contribution in [3.05, 3.63) is 58.7 Å². The Balaban J connectivity index is 1.94. The van der Waals surface area contributed by atoms with Gasteiger partial charge in [0, 0.05) is 12.1 Å². The van der Waals surface area contributed by atoms with Gasteiger partial charge < -0.3 is 14.8 Å². The zero-order chi connectivity index (χ0) is 18.4. The van der Waals surface area contributed by atoms with E-state index in [1.807, 2.05) is 26.0 Å². The van der Waals surface area contributed by atoms with Gasteiger partial charge in [-0.2, -0.15) is 8.78 Å². The van der Waals surface area contributed by atoms with Crippen LogP contribution in [0.25, 0.3) is 0 Å². The number of ether oxygens (including phenoxy) is 2. The summed E-state index contributed by atoms with van der Waals surface area (Å²) < 4.78 is 34.1. The maximum Gasteiger partial charge on any atom is 0.387 e.